The van der Waals surface area contributed by atoms with Gasteiger partial charge in [-0.1, -0.05) is 17.7 Å². The predicted molar refractivity (Wildman–Crippen MR) is 96.9 cm³/mol. The van der Waals surface area contributed by atoms with Gasteiger partial charge in [-0.3, -0.25) is 15.1 Å². The van der Waals surface area contributed by atoms with Crippen LogP contribution in [0.2, 0.25) is 5.02 Å². The van der Waals surface area contributed by atoms with Crippen molar-refractivity contribution in [1.29, 1.82) is 5.26 Å². The highest BCUT2D eigenvalue weighted by molar-refractivity contribution is 7.11. The smallest absolute Gasteiger partial charge is 0.265 e. The van der Waals surface area contributed by atoms with Crippen molar-refractivity contribution < 1.29 is 4.92 Å². The molecule has 122 valence electrons. The van der Waals surface area contributed by atoms with Crippen LogP contribution < -0.4 is 0 Å². The third kappa shape index (κ3) is 3.71. The molecule has 8 heteroatoms. The normalized spacial score (nSPS) is 11.1. The Morgan fingerprint density at radius 2 is 2.08 bits per heavy atom. The Kier molecular flexibility index (Phi) is 4.84. The zero-order chi connectivity index (χ0) is 17.8. The molecule has 0 radical (unpaired) electrons. The lowest BCUT2D eigenvalue weighted by molar-refractivity contribution is -0.384. The van der Waals surface area contributed by atoms with Crippen molar-refractivity contribution in [3.8, 4) is 17.3 Å². The first-order valence-electron chi connectivity index (χ1n) is 7.00. The molecule has 0 N–H and O–H groups in total. The number of hydrogen-bond acceptors (Lipinski definition) is 6. The van der Waals surface area contributed by atoms with Crippen molar-refractivity contribution in [2.24, 2.45) is 0 Å². The fraction of sp³-hybridized carbons (Fsp3) is 0. The first kappa shape index (κ1) is 16.8. The number of aromatic nitrogens is 2. The highest BCUT2D eigenvalue weighted by atomic mass is 35.5. The standard InChI is InChI=1S/C17H9ClN4O2S/c18-14-2-1-11(8-16(14)22(23)24)7-13(9-19)17-21-15(10-25-17)12-3-5-20-6-4-12/h1-8,10H/b13-7+. The molecule has 0 saturated heterocycles. The lowest BCUT2D eigenvalue weighted by Crippen LogP contribution is -1.90. The van der Waals surface area contributed by atoms with Gasteiger partial charge in [-0.2, -0.15) is 5.26 Å². The summed E-state index contributed by atoms with van der Waals surface area (Å²) in [6, 6.07) is 10.1. The lowest BCUT2D eigenvalue weighted by atomic mass is 10.1. The summed E-state index contributed by atoms with van der Waals surface area (Å²) in [5, 5.41) is 22.8. The molecule has 0 aliphatic heterocycles. The highest BCUT2D eigenvalue weighted by Crippen LogP contribution is 2.29. The summed E-state index contributed by atoms with van der Waals surface area (Å²) < 4.78 is 0. The van der Waals surface area contributed by atoms with E-state index < -0.39 is 4.92 Å². The number of pyridine rings is 1. The average Bonchev–Trinajstić information content (AvgIpc) is 3.11. The number of halogens is 1. The molecule has 0 unspecified atom stereocenters. The van der Waals surface area contributed by atoms with Crippen molar-refractivity contribution in [3.05, 3.63) is 73.8 Å². The molecule has 0 bridgehead atoms. The molecule has 0 fully saturated rings. The average molecular weight is 369 g/mol. The number of thiazole rings is 1. The molecular weight excluding hydrogens is 360 g/mol. The van der Waals surface area contributed by atoms with E-state index in [4.69, 9.17) is 11.6 Å². The number of nitro benzene ring substituents is 1. The Labute approximate surface area is 151 Å². The number of benzene rings is 1. The Hall–Kier alpha value is -3.08. The van der Waals surface area contributed by atoms with Gasteiger partial charge in [0.1, 0.15) is 16.1 Å². The van der Waals surface area contributed by atoms with Gasteiger partial charge in [0.05, 0.1) is 16.2 Å². The van der Waals surface area contributed by atoms with Gasteiger partial charge in [-0.25, -0.2) is 4.98 Å². The summed E-state index contributed by atoms with van der Waals surface area (Å²) in [6.45, 7) is 0. The number of allylic oxidation sites excluding steroid dienone is 1. The van der Waals surface area contributed by atoms with Gasteiger partial charge in [0.2, 0.25) is 0 Å². The molecule has 0 spiro atoms. The minimum atomic E-state index is -0.559. The van der Waals surface area contributed by atoms with E-state index in [2.05, 4.69) is 16.0 Å². The Bertz CT molecular complexity index is 1010. The van der Waals surface area contributed by atoms with Crippen LogP contribution in [0, 0.1) is 21.4 Å². The zero-order valence-electron chi connectivity index (χ0n) is 12.6. The minimum Gasteiger partial charge on any atom is -0.265 e. The Morgan fingerprint density at radius 3 is 2.76 bits per heavy atom. The molecule has 3 aromatic rings. The summed E-state index contributed by atoms with van der Waals surface area (Å²) in [6.07, 6.45) is 4.89. The van der Waals surface area contributed by atoms with E-state index in [-0.39, 0.29) is 10.7 Å². The van der Waals surface area contributed by atoms with Gasteiger partial charge in [-0.15, -0.1) is 11.3 Å². The van der Waals surface area contributed by atoms with Gasteiger partial charge in [0, 0.05) is 29.4 Å². The maximum atomic E-state index is 11.0. The number of nitro groups is 1. The summed E-state index contributed by atoms with van der Waals surface area (Å²) in [7, 11) is 0. The van der Waals surface area contributed by atoms with Crippen molar-refractivity contribution in [1.82, 2.24) is 9.97 Å². The van der Waals surface area contributed by atoms with Crippen LogP contribution in [-0.2, 0) is 0 Å². The van der Waals surface area contributed by atoms with Crippen molar-refractivity contribution >= 4 is 40.3 Å². The molecule has 3 rings (SSSR count). The first-order valence-corrected chi connectivity index (χ1v) is 8.26. The van der Waals surface area contributed by atoms with Crippen LogP contribution in [0.5, 0.6) is 0 Å². The SMILES string of the molecule is N#C/C(=C\c1ccc(Cl)c([N+](=O)[O-])c1)c1nc(-c2ccncc2)cs1. The number of nitriles is 1. The van der Waals surface area contributed by atoms with Crippen LogP contribution in [0.25, 0.3) is 22.9 Å². The summed E-state index contributed by atoms with van der Waals surface area (Å²) in [5.74, 6) is 0. The van der Waals surface area contributed by atoms with Gasteiger partial charge in [-0.05, 0) is 29.8 Å². The van der Waals surface area contributed by atoms with Gasteiger partial charge in [0.15, 0.2) is 0 Å². The minimum absolute atomic E-state index is 0.0508. The van der Waals surface area contributed by atoms with Crippen LogP contribution in [0.3, 0.4) is 0 Å². The van der Waals surface area contributed by atoms with Crippen molar-refractivity contribution in [2.75, 3.05) is 0 Å². The fourth-order valence-electron chi connectivity index (χ4n) is 2.12. The number of nitrogens with zero attached hydrogens (tertiary/aromatic N) is 4. The molecule has 0 aliphatic carbocycles. The summed E-state index contributed by atoms with van der Waals surface area (Å²) in [5.41, 5.74) is 2.27. The third-order valence-electron chi connectivity index (χ3n) is 3.31. The van der Waals surface area contributed by atoms with E-state index in [0.717, 1.165) is 11.3 Å². The number of hydrogen-bond donors (Lipinski definition) is 0. The maximum Gasteiger partial charge on any atom is 0.288 e. The van der Waals surface area contributed by atoms with E-state index in [9.17, 15) is 15.4 Å². The molecule has 0 atom stereocenters. The van der Waals surface area contributed by atoms with E-state index in [0.29, 0.717) is 16.1 Å². The Morgan fingerprint density at radius 1 is 1.32 bits per heavy atom. The molecule has 0 aliphatic rings. The first-order chi connectivity index (χ1) is 12.1. The zero-order valence-corrected chi connectivity index (χ0v) is 14.2. The lowest BCUT2D eigenvalue weighted by Gasteiger charge is -1.99. The van der Waals surface area contributed by atoms with Gasteiger partial charge < -0.3 is 0 Å². The topological polar surface area (TPSA) is 92.7 Å². The quantitative estimate of drug-likeness (QED) is 0.373. The fourth-order valence-corrected chi connectivity index (χ4v) is 3.10. The van der Waals surface area contributed by atoms with E-state index in [1.165, 1.54) is 23.5 Å². The molecule has 1 aromatic carbocycles. The van der Waals surface area contributed by atoms with Crippen LogP contribution in [0.4, 0.5) is 5.69 Å². The number of rotatable bonds is 4. The van der Waals surface area contributed by atoms with Crippen LogP contribution in [-0.4, -0.2) is 14.9 Å². The maximum absolute atomic E-state index is 11.0. The Balaban J connectivity index is 1.97. The van der Waals surface area contributed by atoms with Gasteiger partial charge >= 0.3 is 0 Å². The van der Waals surface area contributed by atoms with Crippen molar-refractivity contribution in [2.45, 2.75) is 0 Å². The van der Waals surface area contributed by atoms with Crippen LogP contribution in [0.15, 0.2) is 48.1 Å². The van der Waals surface area contributed by atoms with Crippen molar-refractivity contribution in [3.63, 3.8) is 0 Å². The molecule has 6 nitrogen and oxygen atoms in total. The van der Waals surface area contributed by atoms with E-state index in [1.54, 1.807) is 24.5 Å². The second kappa shape index (κ2) is 7.21. The predicted octanol–water partition coefficient (Wildman–Crippen LogP) is 4.83. The van der Waals surface area contributed by atoms with E-state index in [1.807, 2.05) is 17.5 Å². The third-order valence-corrected chi connectivity index (χ3v) is 4.50. The summed E-state index contributed by atoms with van der Waals surface area (Å²) >= 11 is 7.13. The van der Waals surface area contributed by atoms with E-state index >= 15 is 0 Å². The molecule has 0 saturated carbocycles. The largest absolute Gasteiger partial charge is 0.288 e. The molecule has 2 aromatic heterocycles. The molecule has 2 heterocycles. The van der Waals surface area contributed by atoms with Gasteiger partial charge in [0.25, 0.3) is 5.69 Å². The second-order valence-electron chi connectivity index (χ2n) is 4.91. The van der Waals surface area contributed by atoms with Crippen LogP contribution >= 0.6 is 22.9 Å². The molecule has 25 heavy (non-hydrogen) atoms. The second-order valence-corrected chi connectivity index (χ2v) is 6.18. The summed E-state index contributed by atoms with van der Waals surface area (Å²) in [4.78, 5) is 18.8. The van der Waals surface area contributed by atoms with Crippen LogP contribution in [0.1, 0.15) is 10.6 Å². The monoisotopic (exact) mass is 368 g/mol. The highest BCUT2D eigenvalue weighted by Gasteiger charge is 2.14. The molecular formula is C17H9ClN4O2S. The molecule has 0 amide bonds.